The summed E-state index contributed by atoms with van der Waals surface area (Å²) in [5.41, 5.74) is 1.10. The van der Waals surface area contributed by atoms with Crippen molar-refractivity contribution in [1.29, 1.82) is 5.26 Å². The molecule has 2 rings (SSSR count). The van der Waals surface area contributed by atoms with Crippen LogP contribution in [0.3, 0.4) is 0 Å². The Labute approximate surface area is 116 Å². The van der Waals surface area contributed by atoms with Gasteiger partial charge in [0.05, 0.1) is 17.7 Å². The first-order valence-corrected chi connectivity index (χ1v) is 6.16. The molecule has 4 nitrogen and oxygen atoms in total. The molecule has 0 radical (unpaired) electrons. The molecule has 0 unspecified atom stereocenters. The van der Waals surface area contributed by atoms with Crippen molar-refractivity contribution in [3.63, 3.8) is 0 Å². The molecule has 0 saturated heterocycles. The Morgan fingerprint density at radius 2 is 1.95 bits per heavy atom. The maximum Gasteiger partial charge on any atom is 0.126 e. The molecule has 102 valence electrons. The van der Waals surface area contributed by atoms with Gasteiger partial charge in [-0.3, -0.25) is 0 Å². The summed E-state index contributed by atoms with van der Waals surface area (Å²) in [7, 11) is 0. The van der Waals surface area contributed by atoms with Crippen molar-refractivity contribution in [2.75, 3.05) is 5.32 Å². The first-order chi connectivity index (χ1) is 9.60. The highest BCUT2D eigenvalue weighted by atomic mass is 19.1. The van der Waals surface area contributed by atoms with Crippen molar-refractivity contribution in [2.45, 2.75) is 19.1 Å². The number of aromatic nitrogens is 1. The fourth-order valence-electron chi connectivity index (χ4n) is 1.81. The van der Waals surface area contributed by atoms with E-state index in [0.29, 0.717) is 16.9 Å². The van der Waals surface area contributed by atoms with Gasteiger partial charge < -0.3 is 10.4 Å². The van der Waals surface area contributed by atoms with Crippen LogP contribution in [0.4, 0.5) is 10.2 Å². The highest BCUT2D eigenvalue weighted by Gasteiger charge is 2.16. The van der Waals surface area contributed by atoms with Crippen molar-refractivity contribution < 1.29 is 9.50 Å². The zero-order chi connectivity index (χ0) is 14.5. The van der Waals surface area contributed by atoms with E-state index in [1.807, 2.05) is 6.07 Å². The Bertz CT molecular complexity index is 605. The second-order valence-corrected chi connectivity index (χ2v) is 4.47. The van der Waals surface area contributed by atoms with Gasteiger partial charge in [-0.15, -0.1) is 0 Å². The maximum atomic E-state index is 12.8. The van der Waals surface area contributed by atoms with E-state index in [4.69, 9.17) is 5.26 Å². The number of benzene rings is 1. The molecule has 1 aromatic carbocycles. The molecular formula is C15H14FN3O. The summed E-state index contributed by atoms with van der Waals surface area (Å²) in [6.45, 7) is 1.80. The molecule has 2 atom stereocenters. The van der Waals surface area contributed by atoms with Crippen molar-refractivity contribution in [1.82, 2.24) is 4.98 Å². The molecule has 1 aromatic heterocycles. The Kier molecular flexibility index (Phi) is 4.28. The van der Waals surface area contributed by atoms with Crippen LogP contribution in [0.1, 0.15) is 24.2 Å². The van der Waals surface area contributed by atoms with Crippen LogP contribution < -0.4 is 5.32 Å². The minimum atomic E-state index is -0.784. The number of nitrogens with zero attached hydrogens (tertiary/aromatic N) is 2. The molecule has 2 N–H and O–H groups in total. The van der Waals surface area contributed by atoms with Crippen LogP contribution in [0, 0.1) is 17.1 Å². The van der Waals surface area contributed by atoms with Crippen LogP contribution in [0.2, 0.25) is 0 Å². The van der Waals surface area contributed by atoms with Crippen molar-refractivity contribution >= 4 is 5.82 Å². The van der Waals surface area contributed by atoms with Gasteiger partial charge in [-0.2, -0.15) is 5.26 Å². The molecule has 0 aliphatic carbocycles. The SMILES string of the molecule is C[C@@H](Nc1ccc(C#N)cn1)[C@H](O)c1ccc(F)cc1. The Morgan fingerprint density at radius 3 is 2.50 bits per heavy atom. The lowest BCUT2D eigenvalue weighted by atomic mass is 10.0. The average Bonchev–Trinajstić information content (AvgIpc) is 2.48. The van der Waals surface area contributed by atoms with E-state index in [-0.39, 0.29) is 11.9 Å². The van der Waals surface area contributed by atoms with E-state index in [2.05, 4.69) is 10.3 Å². The van der Waals surface area contributed by atoms with Crippen molar-refractivity contribution in [2.24, 2.45) is 0 Å². The molecule has 5 heteroatoms. The summed E-state index contributed by atoms with van der Waals surface area (Å²) in [6, 6.07) is 10.7. The number of halogens is 1. The largest absolute Gasteiger partial charge is 0.386 e. The molecule has 1 heterocycles. The maximum absolute atomic E-state index is 12.8. The molecule has 0 spiro atoms. The van der Waals surface area contributed by atoms with E-state index in [1.54, 1.807) is 31.2 Å². The summed E-state index contributed by atoms with van der Waals surface area (Å²) in [5.74, 6) is 0.230. The Hall–Kier alpha value is -2.45. The summed E-state index contributed by atoms with van der Waals surface area (Å²) in [5, 5.41) is 21.9. The van der Waals surface area contributed by atoms with E-state index >= 15 is 0 Å². The van der Waals surface area contributed by atoms with Crippen molar-refractivity contribution in [3.8, 4) is 6.07 Å². The smallest absolute Gasteiger partial charge is 0.126 e. The van der Waals surface area contributed by atoms with Crippen molar-refractivity contribution in [3.05, 3.63) is 59.5 Å². The highest BCUT2D eigenvalue weighted by Crippen LogP contribution is 2.19. The summed E-state index contributed by atoms with van der Waals surface area (Å²) >= 11 is 0. The number of nitriles is 1. The first-order valence-electron chi connectivity index (χ1n) is 6.16. The number of nitrogens with one attached hydrogen (secondary N) is 1. The zero-order valence-corrected chi connectivity index (χ0v) is 10.9. The van der Waals surface area contributed by atoms with E-state index in [9.17, 15) is 9.50 Å². The van der Waals surface area contributed by atoms with Gasteiger partial charge in [0, 0.05) is 6.20 Å². The lowest BCUT2D eigenvalue weighted by Gasteiger charge is -2.21. The minimum absolute atomic E-state index is 0.305. The van der Waals surface area contributed by atoms with Crippen LogP contribution in [-0.4, -0.2) is 16.1 Å². The summed E-state index contributed by atoms with van der Waals surface area (Å²) in [6.07, 6.45) is 0.673. The topological polar surface area (TPSA) is 68.9 Å². The van der Waals surface area contributed by atoms with Gasteiger partial charge in [0.25, 0.3) is 0 Å². The lowest BCUT2D eigenvalue weighted by Crippen LogP contribution is -2.24. The minimum Gasteiger partial charge on any atom is -0.386 e. The van der Waals surface area contributed by atoms with Crippen LogP contribution in [-0.2, 0) is 0 Å². The quantitative estimate of drug-likeness (QED) is 0.897. The number of anilines is 1. The number of rotatable bonds is 4. The van der Waals surface area contributed by atoms with Gasteiger partial charge in [0.1, 0.15) is 17.7 Å². The Balaban J connectivity index is 2.05. The third kappa shape index (κ3) is 3.31. The van der Waals surface area contributed by atoms with Crippen LogP contribution >= 0.6 is 0 Å². The molecular weight excluding hydrogens is 257 g/mol. The van der Waals surface area contributed by atoms with Crippen LogP contribution in [0.25, 0.3) is 0 Å². The van der Waals surface area contributed by atoms with Gasteiger partial charge in [-0.1, -0.05) is 12.1 Å². The molecule has 20 heavy (non-hydrogen) atoms. The summed E-state index contributed by atoms with van der Waals surface area (Å²) < 4.78 is 12.8. The Morgan fingerprint density at radius 1 is 1.25 bits per heavy atom. The normalized spacial score (nSPS) is 13.3. The number of aliphatic hydroxyl groups is 1. The molecule has 0 amide bonds. The second kappa shape index (κ2) is 6.13. The third-order valence-electron chi connectivity index (χ3n) is 2.95. The molecule has 0 aliphatic rings. The molecule has 0 bridgehead atoms. The van der Waals surface area contributed by atoms with E-state index in [1.165, 1.54) is 18.3 Å². The fraction of sp³-hybridized carbons (Fsp3) is 0.200. The predicted octanol–water partition coefficient (Wildman–Crippen LogP) is 2.63. The zero-order valence-electron chi connectivity index (χ0n) is 10.9. The fourth-order valence-corrected chi connectivity index (χ4v) is 1.81. The predicted molar refractivity (Wildman–Crippen MR) is 73.4 cm³/mol. The van der Waals surface area contributed by atoms with Gasteiger partial charge in [0.2, 0.25) is 0 Å². The van der Waals surface area contributed by atoms with Gasteiger partial charge in [0.15, 0.2) is 0 Å². The van der Waals surface area contributed by atoms with Crippen LogP contribution in [0.15, 0.2) is 42.6 Å². The summed E-state index contributed by atoms with van der Waals surface area (Å²) in [4.78, 5) is 4.07. The van der Waals surface area contributed by atoms with Crippen LogP contribution in [0.5, 0.6) is 0 Å². The van der Waals surface area contributed by atoms with E-state index in [0.717, 1.165) is 0 Å². The number of pyridine rings is 1. The van der Waals surface area contributed by atoms with Gasteiger partial charge >= 0.3 is 0 Å². The third-order valence-corrected chi connectivity index (χ3v) is 2.95. The number of aliphatic hydroxyl groups excluding tert-OH is 1. The second-order valence-electron chi connectivity index (χ2n) is 4.47. The monoisotopic (exact) mass is 271 g/mol. The average molecular weight is 271 g/mol. The number of hydrogen-bond acceptors (Lipinski definition) is 4. The molecule has 0 fully saturated rings. The first kappa shape index (κ1) is 14.0. The lowest BCUT2D eigenvalue weighted by molar-refractivity contribution is 0.160. The number of hydrogen-bond donors (Lipinski definition) is 2. The molecule has 2 aromatic rings. The van der Waals surface area contributed by atoms with E-state index < -0.39 is 6.10 Å². The highest BCUT2D eigenvalue weighted by molar-refractivity contribution is 5.40. The van der Waals surface area contributed by atoms with Gasteiger partial charge in [-0.05, 0) is 36.8 Å². The standard InChI is InChI=1S/C15H14FN3O/c1-10(15(20)12-3-5-13(16)6-4-12)19-14-7-2-11(8-17)9-18-14/h2-7,9-10,15,20H,1H3,(H,18,19)/t10-,15+/m1/s1. The molecule has 0 saturated carbocycles. The van der Waals surface area contributed by atoms with Gasteiger partial charge in [-0.25, -0.2) is 9.37 Å². The molecule has 0 aliphatic heterocycles.